The zero-order valence-corrected chi connectivity index (χ0v) is 14.0. The Hall–Kier alpha value is -2.53. The monoisotopic (exact) mass is 418 g/mol. The van der Waals surface area contributed by atoms with Crippen molar-refractivity contribution in [1.82, 2.24) is 0 Å². The van der Waals surface area contributed by atoms with Gasteiger partial charge in [0.15, 0.2) is 11.5 Å². The van der Waals surface area contributed by atoms with Gasteiger partial charge in [0.25, 0.3) is 5.91 Å². The fraction of sp³-hybridized carbons (Fsp3) is 0.0588. The van der Waals surface area contributed by atoms with Crippen molar-refractivity contribution in [3.05, 3.63) is 57.2 Å². The summed E-state index contributed by atoms with van der Waals surface area (Å²) in [5.41, 5.74) is 1.36. The van der Waals surface area contributed by atoms with Crippen LogP contribution >= 0.6 is 22.6 Å². The van der Waals surface area contributed by atoms with Crippen LogP contribution in [0.3, 0.4) is 0 Å². The molecule has 1 aliphatic rings. The summed E-state index contributed by atoms with van der Waals surface area (Å²) in [7, 11) is 0. The van der Waals surface area contributed by atoms with Crippen LogP contribution in [0.4, 0.5) is 5.69 Å². The molecule has 0 fully saturated rings. The molecule has 1 aliphatic heterocycles. The van der Waals surface area contributed by atoms with Crippen LogP contribution in [0.5, 0.6) is 11.5 Å². The highest BCUT2D eigenvalue weighted by Crippen LogP contribution is 2.33. The van der Waals surface area contributed by atoms with Gasteiger partial charge in [-0.15, -0.1) is 0 Å². The standard InChI is InChI=1S/C17H11IN2O3/c18-13-2-1-3-14(8-13)20-17(21)12(9-19)6-11-4-5-15-16(7-11)23-10-22-15/h1-8H,10H2,(H,20,21)/b12-6+. The van der Waals surface area contributed by atoms with Crippen LogP contribution in [0.15, 0.2) is 48.0 Å². The summed E-state index contributed by atoms with van der Waals surface area (Å²) >= 11 is 2.16. The number of nitrogens with zero attached hydrogens (tertiary/aromatic N) is 1. The van der Waals surface area contributed by atoms with Crippen LogP contribution in [0.1, 0.15) is 5.56 Å². The smallest absolute Gasteiger partial charge is 0.266 e. The van der Waals surface area contributed by atoms with Crippen molar-refractivity contribution < 1.29 is 14.3 Å². The molecule has 2 aromatic rings. The molecule has 0 aromatic heterocycles. The molecule has 0 bridgehead atoms. The lowest BCUT2D eigenvalue weighted by atomic mass is 10.1. The Kier molecular flexibility index (Phi) is 4.48. The van der Waals surface area contributed by atoms with Crippen LogP contribution < -0.4 is 14.8 Å². The van der Waals surface area contributed by atoms with E-state index in [-0.39, 0.29) is 12.4 Å². The van der Waals surface area contributed by atoms with Gasteiger partial charge in [0.2, 0.25) is 6.79 Å². The van der Waals surface area contributed by atoms with Gasteiger partial charge in [0, 0.05) is 9.26 Å². The molecule has 23 heavy (non-hydrogen) atoms. The molecule has 5 nitrogen and oxygen atoms in total. The fourth-order valence-corrected chi connectivity index (χ4v) is 2.63. The van der Waals surface area contributed by atoms with Crippen molar-refractivity contribution in [2.24, 2.45) is 0 Å². The molecule has 0 atom stereocenters. The third-order valence-electron chi connectivity index (χ3n) is 3.16. The van der Waals surface area contributed by atoms with Gasteiger partial charge in [0.05, 0.1) is 0 Å². The van der Waals surface area contributed by atoms with Crippen molar-refractivity contribution in [3.63, 3.8) is 0 Å². The molecule has 0 radical (unpaired) electrons. The minimum atomic E-state index is -0.452. The first-order valence-electron chi connectivity index (χ1n) is 6.74. The predicted octanol–water partition coefficient (Wildman–Crippen LogP) is 3.57. The number of nitrogens with one attached hydrogen (secondary N) is 1. The number of amides is 1. The second-order valence-corrected chi connectivity index (χ2v) is 5.99. The van der Waals surface area contributed by atoms with E-state index in [0.717, 1.165) is 3.57 Å². The molecule has 3 rings (SSSR count). The number of hydrogen-bond donors (Lipinski definition) is 1. The maximum absolute atomic E-state index is 12.2. The molecule has 1 amide bonds. The van der Waals surface area contributed by atoms with Crippen molar-refractivity contribution in [3.8, 4) is 17.6 Å². The average Bonchev–Trinajstić information content (AvgIpc) is 3.00. The van der Waals surface area contributed by atoms with Crippen LogP contribution in [0, 0.1) is 14.9 Å². The Morgan fingerprint density at radius 2 is 2.04 bits per heavy atom. The van der Waals surface area contributed by atoms with Gasteiger partial charge in [0.1, 0.15) is 11.6 Å². The van der Waals surface area contributed by atoms with Gasteiger partial charge < -0.3 is 14.8 Å². The molecular weight excluding hydrogens is 407 g/mol. The van der Waals surface area contributed by atoms with Crippen molar-refractivity contribution in [1.29, 1.82) is 5.26 Å². The van der Waals surface area contributed by atoms with Gasteiger partial charge in [-0.25, -0.2) is 0 Å². The molecule has 0 saturated carbocycles. The van der Waals surface area contributed by atoms with Crippen LogP contribution in [0.25, 0.3) is 6.08 Å². The zero-order chi connectivity index (χ0) is 16.2. The quantitative estimate of drug-likeness (QED) is 0.470. The molecule has 114 valence electrons. The summed E-state index contributed by atoms with van der Waals surface area (Å²) in [5, 5.41) is 12.0. The average molecular weight is 418 g/mol. The lowest BCUT2D eigenvalue weighted by Gasteiger charge is -2.05. The second-order valence-electron chi connectivity index (χ2n) is 4.75. The number of halogens is 1. The first-order chi connectivity index (χ1) is 11.2. The summed E-state index contributed by atoms with van der Waals surface area (Å²) in [6.45, 7) is 0.181. The number of nitriles is 1. The topological polar surface area (TPSA) is 71.3 Å². The Morgan fingerprint density at radius 1 is 1.22 bits per heavy atom. The number of rotatable bonds is 3. The number of ether oxygens (including phenoxy) is 2. The lowest BCUT2D eigenvalue weighted by Crippen LogP contribution is -2.13. The van der Waals surface area contributed by atoms with E-state index in [2.05, 4.69) is 27.9 Å². The summed E-state index contributed by atoms with van der Waals surface area (Å²) in [4.78, 5) is 12.2. The Labute approximate surface area is 146 Å². The van der Waals surface area contributed by atoms with Crippen molar-refractivity contribution in [2.45, 2.75) is 0 Å². The minimum Gasteiger partial charge on any atom is -0.454 e. The van der Waals surface area contributed by atoms with E-state index in [9.17, 15) is 10.1 Å². The van der Waals surface area contributed by atoms with E-state index < -0.39 is 5.91 Å². The van der Waals surface area contributed by atoms with Gasteiger partial charge in [-0.05, 0) is 64.6 Å². The van der Waals surface area contributed by atoms with Gasteiger partial charge in [-0.1, -0.05) is 12.1 Å². The molecule has 6 heteroatoms. The van der Waals surface area contributed by atoms with E-state index in [4.69, 9.17) is 9.47 Å². The second kappa shape index (κ2) is 6.71. The summed E-state index contributed by atoms with van der Waals surface area (Å²) < 4.78 is 11.5. The van der Waals surface area contributed by atoms with E-state index in [1.807, 2.05) is 24.3 Å². The normalized spacial score (nSPS) is 12.6. The zero-order valence-electron chi connectivity index (χ0n) is 11.9. The lowest BCUT2D eigenvalue weighted by molar-refractivity contribution is -0.112. The maximum Gasteiger partial charge on any atom is 0.266 e. The highest BCUT2D eigenvalue weighted by molar-refractivity contribution is 14.1. The molecule has 1 heterocycles. The molecule has 2 aromatic carbocycles. The molecule has 0 unspecified atom stereocenters. The van der Waals surface area contributed by atoms with Gasteiger partial charge >= 0.3 is 0 Å². The Morgan fingerprint density at radius 3 is 2.83 bits per heavy atom. The van der Waals surface area contributed by atoms with E-state index >= 15 is 0 Å². The van der Waals surface area contributed by atoms with E-state index in [1.54, 1.807) is 24.3 Å². The number of carbonyl (C=O) groups excluding carboxylic acids is 1. The highest BCUT2D eigenvalue weighted by atomic mass is 127. The highest BCUT2D eigenvalue weighted by Gasteiger charge is 2.14. The van der Waals surface area contributed by atoms with Crippen LogP contribution in [-0.4, -0.2) is 12.7 Å². The van der Waals surface area contributed by atoms with Crippen LogP contribution in [-0.2, 0) is 4.79 Å². The maximum atomic E-state index is 12.2. The summed E-state index contributed by atoms with van der Waals surface area (Å²) in [5.74, 6) is 0.810. The van der Waals surface area contributed by atoms with Crippen molar-refractivity contribution in [2.75, 3.05) is 12.1 Å². The number of anilines is 1. The van der Waals surface area contributed by atoms with Crippen LogP contribution in [0.2, 0.25) is 0 Å². The number of hydrogen-bond acceptors (Lipinski definition) is 4. The molecule has 1 N–H and O–H groups in total. The third kappa shape index (κ3) is 3.63. The Bertz CT molecular complexity index is 840. The van der Waals surface area contributed by atoms with Crippen molar-refractivity contribution >= 4 is 40.3 Å². The first kappa shape index (κ1) is 15.4. The van der Waals surface area contributed by atoms with E-state index in [0.29, 0.717) is 22.7 Å². The number of fused-ring (bicyclic) bond motifs is 1. The Balaban J connectivity index is 1.81. The molecule has 0 aliphatic carbocycles. The van der Waals surface area contributed by atoms with Gasteiger partial charge in [-0.2, -0.15) is 5.26 Å². The van der Waals surface area contributed by atoms with E-state index in [1.165, 1.54) is 6.08 Å². The molecular formula is C17H11IN2O3. The minimum absolute atomic E-state index is 0.0164. The molecule has 0 spiro atoms. The van der Waals surface area contributed by atoms with Gasteiger partial charge in [-0.3, -0.25) is 4.79 Å². The third-order valence-corrected chi connectivity index (χ3v) is 3.83. The fourth-order valence-electron chi connectivity index (χ4n) is 2.08. The number of carbonyl (C=O) groups is 1. The summed E-state index contributed by atoms with van der Waals surface area (Å²) in [6, 6.07) is 14.5. The molecule has 0 saturated heterocycles. The predicted molar refractivity (Wildman–Crippen MR) is 93.9 cm³/mol. The number of benzene rings is 2. The summed E-state index contributed by atoms with van der Waals surface area (Å²) in [6.07, 6.45) is 1.52. The SMILES string of the molecule is N#C/C(=C\c1ccc2c(c1)OCO2)C(=O)Nc1cccc(I)c1. The first-order valence-corrected chi connectivity index (χ1v) is 7.82. The largest absolute Gasteiger partial charge is 0.454 e.